The molecule has 0 aliphatic carbocycles. The number of rotatable bonds is 15. The van der Waals surface area contributed by atoms with Crippen molar-refractivity contribution in [1.29, 1.82) is 0 Å². The van der Waals surface area contributed by atoms with Gasteiger partial charge in [-0.1, -0.05) is 86.6 Å². The summed E-state index contributed by atoms with van der Waals surface area (Å²) in [6, 6.07) is 16.9. The van der Waals surface area contributed by atoms with E-state index < -0.39 is 83.7 Å². The van der Waals surface area contributed by atoms with Gasteiger partial charge in [-0.3, -0.25) is 24.0 Å². The van der Waals surface area contributed by atoms with E-state index in [-0.39, 0.29) is 38.0 Å². The van der Waals surface area contributed by atoms with Gasteiger partial charge in [0.1, 0.15) is 42.0 Å². The molecule has 0 radical (unpaired) electrons. The Morgan fingerprint density at radius 2 is 1.36 bits per heavy atom. The Bertz CT molecular complexity index is 2010. The van der Waals surface area contributed by atoms with Crippen LogP contribution >= 0.6 is 11.8 Å². The first-order valence-corrected chi connectivity index (χ1v) is 23.2. The molecular weight excluding hydrogens is 839 g/mol. The van der Waals surface area contributed by atoms with Gasteiger partial charge in [-0.15, -0.1) is 0 Å². The van der Waals surface area contributed by atoms with E-state index >= 15 is 0 Å². The van der Waals surface area contributed by atoms with Crippen molar-refractivity contribution in [3.63, 3.8) is 0 Å². The lowest BCUT2D eigenvalue weighted by Gasteiger charge is -2.33. The number of hydrogen-bond acceptors (Lipinski definition) is 9. The van der Waals surface area contributed by atoms with Crippen LogP contribution in [0.4, 0.5) is 4.79 Å². The third-order valence-corrected chi connectivity index (χ3v) is 11.8. The zero-order valence-electron chi connectivity index (χ0n) is 37.0. The second-order valence-corrected chi connectivity index (χ2v) is 17.4. The summed E-state index contributed by atoms with van der Waals surface area (Å²) in [5.41, 5.74) is 2.39. The molecule has 16 nitrogen and oxygen atoms in total. The average molecular weight is 902 g/mol. The van der Waals surface area contributed by atoms with Crippen molar-refractivity contribution in [1.82, 2.24) is 36.8 Å². The number of phenolic OH excluding ortho intramolecular Hbond substituents is 1. The monoisotopic (exact) mass is 901 g/mol. The second kappa shape index (κ2) is 25.9. The van der Waals surface area contributed by atoms with Crippen molar-refractivity contribution in [2.75, 3.05) is 25.6 Å². The molecule has 0 bridgehead atoms. The number of aryl methyl sites for hydroxylation is 2. The lowest BCUT2D eigenvalue weighted by molar-refractivity contribution is -0.143. The van der Waals surface area contributed by atoms with Gasteiger partial charge in [0.15, 0.2) is 0 Å². The first-order valence-electron chi connectivity index (χ1n) is 21.8. The van der Waals surface area contributed by atoms with Gasteiger partial charge in [-0.2, -0.15) is 11.8 Å². The number of aromatic hydroxyl groups is 1. The topological polar surface area (TPSA) is 235 Å². The Morgan fingerprint density at radius 1 is 0.750 bits per heavy atom. The van der Waals surface area contributed by atoms with Gasteiger partial charge in [0.2, 0.25) is 29.5 Å². The fourth-order valence-corrected chi connectivity index (χ4v) is 7.86. The molecule has 4 rings (SSSR count). The Kier molecular flexibility index (Phi) is 20.4. The highest BCUT2D eigenvalue weighted by Gasteiger charge is 2.36. The Hall–Kier alpha value is -6.10. The van der Waals surface area contributed by atoms with Crippen LogP contribution in [0.2, 0.25) is 0 Å². The number of aliphatic carboxylic acids is 1. The van der Waals surface area contributed by atoms with Crippen LogP contribution in [0.25, 0.3) is 0 Å². The predicted molar refractivity (Wildman–Crippen MR) is 245 cm³/mol. The van der Waals surface area contributed by atoms with E-state index in [1.54, 1.807) is 56.3 Å². The number of benzene rings is 3. The molecule has 1 aliphatic rings. The molecule has 64 heavy (non-hydrogen) atoms. The molecule has 3 aromatic rings. The van der Waals surface area contributed by atoms with Crippen molar-refractivity contribution in [2.45, 2.75) is 108 Å². The molecule has 0 saturated carbocycles. The van der Waals surface area contributed by atoms with E-state index in [2.05, 4.69) is 31.9 Å². The summed E-state index contributed by atoms with van der Waals surface area (Å²) in [6.07, 6.45) is 3.96. The average Bonchev–Trinajstić information content (AvgIpc) is 3.27. The van der Waals surface area contributed by atoms with Gasteiger partial charge < -0.3 is 47.0 Å². The minimum absolute atomic E-state index is 0.00729. The highest BCUT2D eigenvalue weighted by Crippen LogP contribution is 2.18. The zero-order chi connectivity index (χ0) is 46.6. The Labute approximate surface area is 379 Å². The number of carboxylic acids is 1. The summed E-state index contributed by atoms with van der Waals surface area (Å²) < 4.78 is 0. The maximum Gasteiger partial charge on any atom is 0.326 e. The van der Waals surface area contributed by atoms with Gasteiger partial charge in [0.05, 0.1) is 0 Å². The number of amides is 7. The van der Waals surface area contributed by atoms with Gasteiger partial charge in [-0.05, 0) is 98.1 Å². The van der Waals surface area contributed by atoms with Crippen molar-refractivity contribution >= 4 is 53.3 Å². The number of likely N-dealkylation sites (N-methyl/N-ethyl adjacent to an activating group) is 1. The summed E-state index contributed by atoms with van der Waals surface area (Å²) in [5, 5.41) is 36.3. The van der Waals surface area contributed by atoms with E-state index in [4.69, 9.17) is 0 Å². The van der Waals surface area contributed by atoms with Crippen LogP contribution in [0, 0.1) is 5.92 Å². The standard InChI is InChI=1S/C47H63N7O9S/c1-30(2)40-44(59)50-37(24-20-31-13-7-5-8-14-31)45(60)54(3)39(25-21-32-18-22-34(55)23-19-32)43(58)49-36(26-28-64-4)41(56)48-27-12-11-17-35(42(57)53-40)51-47(63)52-38(46(61)62)29-33-15-9-6-10-16-33/h5-10,13-16,18-19,22-23,30,35-40,55H,11-12,17,20-21,24-29H2,1-4H3,(H,48,56)(H,49,58)(H,50,59)(H,53,57)(H,61,62)(H2,51,52,63)/t35-,36?,37+,38+,39?,40+/m1/s1. The zero-order valence-corrected chi connectivity index (χ0v) is 37.8. The number of urea groups is 1. The normalized spacial score (nSPS) is 21.2. The van der Waals surface area contributed by atoms with E-state index in [0.717, 1.165) is 11.1 Å². The van der Waals surface area contributed by atoms with E-state index in [1.165, 1.54) is 35.8 Å². The molecule has 7 amide bonds. The van der Waals surface area contributed by atoms with E-state index in [0.29, 0.717) is 43.4 Å². The van der Waals surface area contributed by atoms with Gasteiger partial charge >= 0.3 is 12.0 Å². The van der Waals surface area contributed by atoms with Crippen molar-refractivity contribution in [2.24, 2.45) is 5.92 Å². The minimum Gasteiger partial charge on any atom is -0.508 e. The molecule has 2 unspecified atom stereocenters. The molecule has 1 heterocycles. The highest BCUT2D eigenvalue weighted by atomic mass is 32.2. The van der Waals surface area contributed by atoms with Crippen LogP contribution in [-0.2, 0) is 48.0 Å². The van der Waals surface area contributed by atoms with Crippen LogP contribution in [0.3, 0.4) is 0 Å². The number of carbonyl (C=O) groups is 7. The van der Waals surface area contributed by atoms with Crippen LogP contribution < -0.4 is 31.9 Å². The summed E-state index contributed by atoms with van der Waals surface area (Å²) in [5.74, 6) is -4.03. The second-order valence-electron chi connectivity index (χ2n) is 16.4. The molecule has 0 spiro atoms. The molecule has 8 N–H and O–H groups in total. The van der Waals surface area contributed by atoms with E-state index in [9.17, 15) is 43.8 Å². The minimum atomic E-state index is -1.31. The molecule has 1 fully saturated rings. The Balaban J connectivity index is 1.67. The number of thioether (sulfide) groups is 1. The van der Waals surface area contributed by atoms with Crippen molar-refractivity contribution in [3.05, 3.63) is 102 Å². The van der Waals surface area contributed by atoms with Crippen molar-refractivity contribution < 1.29 is 43.8 Å². The van der Waals surface area contributed by atoms with Gasteiger partial charge in [0, 0.05) is 20.0 Å². The number of carbonyl (C=O) groups excluding carboxylic acids is 6. The molecule has 3 aromatic carbocycles. The first kappa shape index (κ1) is 50.5. The summed E-state index contributed by atoms with van der Waals surface area (Å²) in [6.45, 7) is 3.62. The molecule has 6 atom stereocenters. The quantitative estimate of drug-likeness (QED) is 0.111. The van der Waals surface area contributed by atoms with E-state index in [1.807, 2.05) is 36.6 Å². The van der Waals surface area contributed by atoms with Crippen LogP contribution in [-0.4, -0.2) is 119 Å². The number of carboxylic acid groups (broad SMARTS) is 1. The third-order valence-electron chi connectivity index (χ3n) is 11.2. The molecule has 0 aromatic heterocycles. The van der Waals surface area contributed by atoms with Crippen LogP contribution in [0.1, 0.15) is 69.1 Å². The molecule has 17 heteroatoms. The maximum absolute atomic E-state index is 14.7. The van der Waals surface area contributed by atoms with Crippen molar-refractivity contribution in [3.8, 4) is 5.75 Å². The number of nitrogens with one attached hydrogen (secondary N) is 6. The highest BCUT2D eigenvalue weighted by molar-refractivity contribution is 7.98. The van der Waals surface area contributed by atoms with Crippen LogP contribution in [0.15, 0.2) is 84.9 Å². The third kappa shape index (κ3) is 16.2. The fourth-order valence-electron chi connectivity index (χ4n) is 7.39. The smallest absolute Gasteiger partial charge is 0.326 e. The van der Waals surface area contributed by atoms with Crippen LogP contribution in [0.5, 0.6) is 5.75 Å². The lowest BCUT2D eigenvalue weighted by atomic mass is 9.98. The molecule has 1 saturated heterocycles. The summed E-state index contributed by atoms with van der Waals surface area (Å²) >= 11 is 1.51. The van der Waals surface area contributed by atoms with Gasteiger partial charge in [0.25, 0.3) is 0 Å². The lowest BCUT2D eigenvalue weighted by Crippen LogP contribution is -2.60. The molecular formula is C47H63N7O9S. The fraction of sp³-hybridized carbons (Fsp3) is 0.468. The molecule has 346 valence electrons. The maximum atomic E-state index is 14.7. The van der Waals surface area contributed by atoms with Gasteiger partial charge in [-0.25, -0.2) is 9.59 Å². The number of phenols is 1. The SMILES string of the molecule is CSCCC1NC(=O)C(CCc2ccc(O)cc2)N(C)C(=O)[C@H](CCc2ccccc2)NC(=O)[C@H](C(C)C)NC(=O)[C@H](NC(=O)N[C@@H](Cc2ccccc2)C(=O)O)CCCCNC1=O. The summed E-state index contributed by atoms with van der Waals surface area (Å²) in [7, 11) is 1.49. The Morgan fingerprint density at radius 3 is 1.98 bits per heavy atom. The molecule has 1 aliphatic heterocycles. The first-order chi connectivity index (χ1) is 30.7. The largest absolute Gasteiger partial charge is 0.508 e. The number of hydrogen-bond donors (Lipinski definition) is 8. The summed E-state index contributed by atoms with van der Waals surface area (Å²) in [4.78, 5) is 97.9. The predicted octanol–water partition coefficient (Wildman–Crippen LogP) is 3.31. The number of nitrogens with zero attached hydrogens (tertiary/aromatic N) is 1.